The van der Waals surface area contributed by atoms with E-state index in [1.807, 2.05) is 0 Å². The Morgan fingerprint density at radius 1 is 1.50 bits per heavy atom. The van der Waals surface area contributed by atoms with Crippen LogP contribution in [0, 0.1) is 0 Å². The number of rotatable bonds is 1. The molecule has 0 amide bonds. The van der Waals surface area contributed by atoms with Gasteiger partial charge in [0.1, 0.15) is 0 Å². The van der Waals surface area contributed by atoms with Crippen LogP contribution in [0.3, 0.4) is 0 Å². The topological polar surface area (TPSA) is 50.4 Å². The summed E-state index contributed by atoms with van der Waals surface area (Å²) in [7, 11) is 0. The molecule has 0 spiro atoms. The summed E-state index contributed by atoms with van der Waals surface area (Å²) in [5, 5.41) is 9.78. The molecule has 0 aliphatic rings. The number of carboxylic acids is 1. The molecule has 14 heavy (non-hydrogen) atoms. The lowest BCUT2D eigenvalue weighted by molar-refractivity contribution is 0.0665. The number of halogens is 2. The molecule has 0 aliphatic heterocycles. The lowest BCUT2D eigenvalue weighted by Crippen LogP contribution is -1.91. The third kappa shape index (κ3) is 1.40. The number of hydrogen-bond acceptors (Lipinski definition) is 2. The van der Waals surface area contributed by atoms with Gasteiger partial charge >= 0.3 is 5.97 Å². The van der Waals surface area contributed by atoms with Crippen LogP contribution >= 0.6 is 27.5 Å². The molecule has 0 saturated carbocycles. The highest BCUT2D eigenvalue weighted by Crippen LogP contribution is 2.32. The Morgan fingerprint density at radius 3 is 2.79 bits per heavy atom. The SMILES string of the molecule is O=C(O)c1cc2c(Cl)ccc(Br)c2o1. The zero-order valence-corrected chi connectivity index (χ0v) is 9.09. The standard InChI is InChI=1S/C9H4BrClO3/c10-5-1-2-6(11)4-3-7(9(12)13)14-8(4)5/h1-3H,(H,12,13). The predicted molar refractivity (Wildman–Crippen MR) is 55.9 cm³/mol. The molecule has 5 heteroatoms. The molecule has 1 aromatic carbocycles. The minimum Gasteiger partial charge on any atom is -0.475 e. The lowest BCUT2D eigenvalue weighted by atomic mass is 10.2. The maximum atomic E-state index is 10.6. The molecule has 2 rings (SSSR count). The highest BCUT2D eigenvalue weighted by molar-refractivity contribution is 9.10. The van der Waals surface area contributed by atoms with E-state index in [1.54, 1.807) is 12.1 Å². The van der Waals surface area contributed by atoms with E-state index < -0.39 is 5.97 Å². The van der Waals surface area contributed by atoms with Crippen LogP contribution in [0.4, 0.5) is 0 Å². The van der Waals surface area contributed by atoms with Crippen molar-refractivity contribution in [3.05, 3.63) is 33.5 Å². The number of furan rings is 1. The Hall–Kier alpha value is -1.00. The van der Waals surface area contributed by atoms with Crippen LogP contribution in [0.5, 0.6) is 0 Å². The van der Waals surface area contributed by atoms with Crippen LogP contribution in [0.25, 0.3) is 11.0 Å². The third-order valence-corrected chi connectivity index (χ3v) is 2.75. The van der Waals surface area contributed by atoms with Crippen molar-refractivity contribution in [3.63, 3.8) is 0 Å². The number of carbonyl (C=O) groups is 1. The summed E-state index contributed by atoms with van der Waals surface area (Å²) in [5.41, 5.74) is 0.454. The van der Waals surface area contributed by atoms with Crippen LogP contribution in [0.1, 0.15) is 10.6 Å². The van der Waals surface area contributed by atoms with Crippen molar-refractivity contribution in [2.75, 3.05) is 0 Å². The van der Waals surface area contributed by atoms with Gasteiger partial charge in [-0.05, 0) is 28.1 Å². The van der Waals surface area contributed by atoms with Crippen molar-refractivity contribution in [2.24, 2.45) is 0 Å². The molecule has 72 valence electrons. The van der Waals surface area contributed by atoms with Crippen molar-refractivity contribution < 1.29 is 14.3 Å². The minimum atomic E-state index is -1.11. The number of hydrogen-bond donors (Lipinski definition) is 1. The second-order valence-corrected chi connectivity index (χ2v) is 3.95. The van der Waals surface area contributed by atoms with Crippen LogP contribution in [-0.4, -0.2) is 11.1 Å². The van der Waals surface area contributed by atoms with Gasteiger partial charge in [-0.3, -0.25) is 0 Å². The first-order valence-corrected chi connectivity index (χ1v) is 4.87. The Kier molecular flexibility index (Phi) is 2.25. The monoisotopic (exact) mass is 274 g/mol. The molecule has 0 saturated heterocycles. The fourth-order valence-corrected chi connectivity index (χ4v) is 1.79. The first-order chi connectivity index (χ1) is 6.59. The van der Waals surface area contributed by atoms with Gasteiger partial charge in [-0.15, -0.1) is 0 Å². The smallest absolute Gasteiger partial charge is 0.371 e. The lowest BCUT2D eigenvalue weighted by Gasteiger charge is -1.93. The van der Waals surface area contributed by atoms with E-state index in [4.69, 9.17) is 21.1 Å². The highest BCUT2D eigenvalue weighted by atomic mass is 79.9. The van der Waals surface area contributed by atoms with E-state index in [-0.39, 0.29) is 5.76 Å². The summed E-state index contributed by atoms with van der Waals surface area (Å²) in [5.74, 6) is -1.22. The molecule has 1 N–H and O–H groups in total. The molecule has 3 nitrogen and oxygen atoms in total. The van der Waals surface area contributed by atoms with Gasteiger partial charge in [-0.25, -0.2) is 4.79 Å². The normalized spacial score (nSPS) is 10.7. The molecule has 0 atom stereocenters. The van der Waals surface area contributed by atoms with Crippen molar-refractivity contribution in [2.45, 2.75) is 0 Å². The van der Waals surface area contributed by atoms with E-state index in [1.165, 1.54) is 6.07 Å². The van der Waals surface area contributed by atoms with E-state index in [2.05, 4.69) is 15.9 Å². The van der Waals surface area contributed by atoms with E-state index in [0.717, 1.165) is 0 Å². The van der Waals surface area contributed by atoms with Gasteiger partial charge in [0.05, 0.1) is 9.50 Å². The molecule has 2 aromatic rings. The zero-order valence-electron chi connectivity index (χ0n) is 6.75. The van der Waals surface area contributed by atoms with Gasteiger partial charge in [-0.2, -0.15) is 0 Å². The molecule has 1 heterocycles. The van der Waals surface area contributed by atoms with E-state index in [0.29, 0.717) is 20.5 Å². The summed E-state index contributed by atoms with van der Waals surface area (Å²) < 4.78 is 5.79. The molecule has 0 bridgehead atoms. The summed E-state index contributed by atoms with van der Waals surface area (Å²) in [4.78, 5) is 10.6. The fourth-order valence-electron chi connectivity index (χ4n) is 1.16. The summed E-state index contributed by atoms with van der Waals surface area (Å²) in [6.45, 7) is 0. The van der Waals surface area contributed by atoms with E-state index >= 15 is 0 Å². The highest BCUT2D eigenvalue weighted by Gasteiger charge is 2.14. The first-order valence-electron chi connectivity index (χ1n) is 3.70. The first kappa shape index (κ1) is 9.55. The van der Waals surface area contributed by atoms with Crippen molar-refractivity contribution >= 4 is 44.5 Å². The van der Waals surface area contributed by atoms with Crippen molar-refractivity contribution in [1.29, 1.82) is 0 Å². The average Bonchev–Trinajstić information content (AvgIpc) is 2.57. The summed E-state index contributed by atoms with van der Waals surface area (Å²) >= 11 is 9.12. The Balaban J connectivity index is 2.82. The van der Waals surface area contributed by atoms with E-state index in [9.17, 15) is 4.79 Å². The van der Waals surface area contributed by atoms with Crippen molar-refractivity contribution in [3.8, 4) is 0 Å². The molecular formula is C9H4BrClO3. The summed E-state index contributed by atoms with van der Waals surface area (Å²) in [6, 6.07) is 4.79. The average molecular weight is 275 g/mol. The maximum Gasteiger partial charge on any atom is 0.371 e. The fraction of sp³-hybridized carbons (Fsp3) is 0. The van der Waals surface area contributed by atoms with Gasteiger partial charge < -0.3 is 9.52 Å². The molecule has 0 unspecified atom stereocenters. The van der Waals surface area contributed by atoms with Gasteiger partial charge in [0.2, 0.25) is 5.76 Å². The minimum absolute atomic E-state index is 0.117. The van der Waals surface area contributed by atoms with Crippen LogP contribution in [0.15, 0.2) is 27.1 Å². The summed E-state index contributed by atoms with van der Waals surface area (Å²) in [6.07, 6.45) is 0. The molecule has 0 aliphatic carbocycles. The maximum absolute atomic E-state index is 10.6. The Labute approximate surface area is 92.4 Å². The van der Waals surface area contributed by atoms with Crippen LogP contribution in [-0.2, 0) is 0 Å². The number of benzene rings is 1. The molecule has 0 fully saturated rings. The molecule has 1 aromatic heterocycles. The quantitative estimate of drug-likeness (QED) is 0.866. The van der Waals surface area contributed by atoms with Gasteiger partial charge in [-0.1, -0.05) is 11.6 Å². The Bertz CT molecular complexity index is 479. The second kappa shape index (κ2) is 3.29. The number of carboxylic acid groups (broad SMARTS) is 1. The third-order valence-electron chi connectivity index (χ3n) is 1.79. The van der Waals surface area contributed by atoms with Gasteiger partial charge in [0.15, 0.2) is 5.58 Å². The number of fused-ring (bicyclic) bond motifs is 1. The van der Waals surface area contributed by atoms with Crippen molar-refractivity contribution in [1.82, 2.24) is 0 Å². The largest absolute Gasteiger partial charge is 0.475 e. The van der Waals surface area contributed by atoms with Gasteiger partial charge in [0, 0.05) is 11.5 Å². The molecular weight excluding hydrogens is 271 g/mol. The molecule has 0 radical (unpaired) electrons. The van der Waals surface area contributed by atoms with Gasteiger partial charge in [0.25, 0.3) is 0 Å². The predicted octanol–water partition coefficient (Wildman–Crippen LogP) is 3.55. The zero-order chi connectivity index (χ0) is 10.3. The number of aromatic carboxylic acids is 1. The van der Waals surface area contributed by atoms with Crippen LogP contribution < -0.4 is 0 Å². The Morgan fingerprint density at radius 2 is 2.21 bits per heavy atom. The second-order valence-electron chi connectivity index (χ2n) is 2.69. The van der Waals surface area contributed by atoms with Crippen LogP contribution in [0.2, 0.25) is 5.02 Å².